The van der Waals surface area contributed by atoms with Gasteiger partial charge in [0.25, 0.3) is 0 Å². The van der Waals surface area contributed by atoms with Crippen molar-refractivity contribution in [3.05, 3.63) is 42.5 Å². The highest BCUT2D eigenvalue weighted by molar-refractivity contribution is 6.27. The first kappa shape index (κ1) is 17.2. The number of hydrogen-bond donors (Lipinski definition) is 2. The summed E-state index contributed by atoms with van der Waals surface area (Å²) in [5.41, 5.74) is 1.43. The van der Waals surface area contributed by atoms with E-state index in [1.165, 1.54) is 42.6 Å². The summed E-state index contributed by atoms with van der Waals surface area (Å²) in [6.07, 6.45) is 0. The van der Waals surface area contributed by atoms with Crippen molar-refractivity contribution >= 4 is 28.4 Å². The van der Waals surface area contributed by atoms with E-state index in [4.69, 9.17) is 19.8 Å². The van der Waals surface area contributed by atoms with Crippen LogP contribution in [0.5, 0.6) is 0 Å². The van der Waals surface area contributed by atoms with Crippen molar-refractivity contribution in [3.8, 4) is 0 Å². The Hall–Kier alpha value is -2.60. The van der Waals surface area contributed by atoms with Crippen LogP contribution in [0.3, 0.4) is 0 Å². The topological polar surface area (TPSA) is 81.1 Å². The molecule has 0 radical (unpaired) electrons. The molecule has 6 heteroatoms. The van der Waals surface area contributed by atoms with Crippen LogP contribution in [-0.4, -0.2) is 60.3 Å². The van der Waals surface area contributed by atoms with Gasteiger partial charge in [0.2, 0.25) is 0 Å². The third-order valence-electron chi connectivity index (χ3n) is 4.96. The van der Waals surface area contributed by atoms with Gasteiger partial charge < -0.3 is 20.0 Å². The fourth-order valence-electron chi connectivity index (χ4n) is 3.91. The van der Waals surface area contributed by atoms with Gasteiger partial charge in [0.05, 0.1) is 0 Å². The number of nitrogens with zero attached hydrogens (tertiary/aromatic N) is 2. The fraction of sp³-hybridized carbons (Fsp3) is 0.368. The average molecular weight is 342 g/mol. The van der Waals surface area contributed by atoms with Gasteiger partial charge in [0.1, 0.15) is 0 Å². The maximum Gasteiger partial charge on any atom is 0.414 e. The molecule has 2 heterocycles. The summed E-state index contributed by atoms with van der Waals surface area (Å²) in [4.78, 5) is 23.3. The summed E-state index contributed by atoms with van der Waals surface area (Å²) >= 11 is 0. The normalized spacial score (nSPS) is 22.4. The molecule has 0 amide bonds. The van der Waals surface area contributed by atoms with Crippen LogP contribution in [-0.2, 0) is 9.59 Å². The quantitative estimate of drug-likeness (QED) is 0.772. The standard InChI is InChI=1S/C17H20N2.C2H2O4/c1-18-9-14-11-19(12-15(14)10-18)17-8-4-6-13-5-2-3-7-16(13)17;3-1(4)2(5)6/h2-8,14-15H,9-12H2,1H3;(H,3,4)(H,5,6). The molecule has 2 atom stereocenters. The lowest BCUT2D eigenvalue weighted by Gasteiger charge is -2.23. The molecule has 0 saturated carbocycles. The van der Waals surface area contributed by atoms with Gasteiger partial charge in [-0.3, -0.25) is 0 Å². The van der Waals surface area contributed by atoms with Gasteiger partial charge in [0, 0.05) is 37.3 Å². The summed E-state index contributed by atoms with van der Waals surface area (Å²) < 4.78 is 0. The van der Waals surface area contributed by atoms with Crippen molar-refractivity contribution < 1.29 is 19.8 Å². The molecule has 2 aromatic carbocycles. The number of likely N-dealkylation sites (tertiary alicyclic amines) is 1. The molecular formula is C19H22N2O4. The molecule has 2 saturated heterocycles. The highest BCUT2D eigenvalue weighted by Gasteiger charge is 2.38. The highest BCUT2D eigenvalue weighted by atomic mass is 16.4. The first-order valence-electron chi connectivity index (χ1n) is 8.33. The third kappa shape index (κ3) is 3.74. The van der Waals surface area contributed by atoms with Gasteiger partial charge in [-0.05, 0) is 30.3 Å². The molecule has 0 bridgehead atoms. The van der Waals surface area contributed by atoms with E-state index in [2.05, 4.69) is 59.3 Å². The largest absolute Gasteiger partial charge is 0.473 e. The lowest BCUT2D eigenvalue weighted by Crippen LogP contribution is -2.26. The number of aliphatic carboxylic acids is 2. The van der Waals surface area contributed by atoms with Crippen molar-refractivity contribution in [2.24, 2.45) is 11.8 Å². The van der Waals surface area contributed by atoms with Crippen LogP contribution in [0.25, 0.3) is 10.8 Å². The van der Waals surface area contributed by atoms with Crippen molar-refractivity contribution in [3.63, 3.8) is 0 Å². The number of carboxylic acid groups (broad SMARTS) is 2. The Kier molecular flexibility index (Phi) is 4.90. The van der Waals surface area contributed by atoms with Gasteiger partial charge in [-0.15, -0.1) is 0 Å². The van der Waals surface area contributed by atoms with E-state index in [1.807, 2.05) is 0 Å². The summed E-state index contributed by atoms with van der Waals surface area (Å²) in [6, 6.07) is 15.4. The Labute approximate surface area is 146 Å². The van der Waals surface area contributed by atoms with Gasteiger partial charge in [0.15, 0.2) is 0 Å². The Bertz CT molecular complexity index is 761. The number of anilines is 1. The van der Waals surface area contributed by atoms with Crippen LogP contribution in [0.15, 0.2) is 42.5 Å². The van der Waals surface area contributed by atoms with E-state index in [-0.39, 0.29) is 0 Å². The Balaban J connectivity index is 0.000000265. The molecule has 0 spiro atoms. The summed E-state index contributed by atoms with van der Waals surface area (Å²) in [6.45, 7) is 4.99. The van der Waals surface area contributed by atoms with Crippen molar-refractivity contribution in [1.82, 2.24) is 4.90 Å². The second kappa shape index (κ2) is 7.11. The minimum atomic E-state index is -1.82. The van der Waals surface area contributed by atoms with E-state index >= 15 is 0 Å². The molecule has 4 rings (SSSR count). The van der Waals surface area contributed by atoms with Crippen molar-refractivity contribution in [1.29, 1.82) is 0 Å². The van der Waals surface area contributed by atoms with E-state index in [9.17, 15) is 0 Å². The zero-order chi connectivity index (χ0) is 18.0. The number of fused-ring (bicyclic) bond motifs is 2. The summed E-state index contributed by atoms with van der Waals surface area (Å²) in [7, 11) is 2.25. The predicted molar refractivity (Wildman–Crippen MR) is 95.9 cm³/mol. The lowest BCUT2D eigenvalue weighted by atomic mass is 10.0. The number of benzene rings is 2. The second-order valence-electron chi connectivity index (χ2n) is 6.75. The maximum absolute atomic E-state index is 9.10. The Morgan fingerprint density at radius 1 is 0.880 bits per heavy atom. The molecule has 0 aliphatic carbocycles. The molecule has 25 heavy (non-hydrogen) atoms. The summed E-state index contributed by atoms with van der Waals surface area (Å²) in [5, 5.41) is 17.5. The monoisotopic (exact) mass is 342 g/mol. The minimum absolute atomic E-state index is 0.865. The molecule has 0 aromatic heterocycles. The molecule has 2 aliphatic heterocycles. The van der Waals surface area contributed by atoms with E-state index in [1.54, 1.807) is 0 Å². The summed E-state index contributed by atoms with van der Waals surface area (Å²) in [5.74, 6) is -1.92. The zero-order valence-electron chi connectivity index (χ0n) is 14.1. The van der Waals surface area contributed by atoms with Crippen LogP contribution in [0.4, 0.5) is 5.69 Å². The minimum Gasteiger partial charge on any atom is -0.473 e. The SMILES string of the molecule is CN1CC2CN(c3cccc4ccccc34)CC2C1.O=C(O)C(=O)O. The molecule has 132 valence electrons. The maximum atomic E-state index is 9.10. The van der Waals surface area contributed by atoms with Gasteiger partial charge >= 0.3 is 11.9 Å². The highest BCUT2D eigenvalue weighted by Crippen LogP contribution is 2.36. The predicted octanol–water partition coefficient (Wildman–Crippen LogP) is 1.99. The zero-order valence-corrected chi connectivity index (χ0v) is 14.1. The molecule has 6 nitrogen and oxygen atoms in total. The van der Waals surface area contributed by atoms with Crippen LogP contribution < -0.4 is 4.90 Å². The van der Waals surface area contributed by atoms with Gasteiger partial charge in [-0.25, -0.2) is 9.59 Å². The number of carbonyl (C=O) groups is 2. The molecule has 2 fully saturated rings. The lowest BCUT2D eigenvalue weighted by molar-refractivity contribution is -0.159. The van der Waals surface area contributed by atoms with Gasteiger partial charge in [-0.1, -0.05) is 36.4 Å². The van der Waals surface area contributed by atoms with Crippen LogP contribution >= 0.6 is 0 Å². The van der Waals surface area contributed by atoms with Crippen LogP contribution in [0.2, 0.25) is 0 Å². The molecule has 2 unspecified atom stereocenters. The fourth-order valence-corrected chi connectivity index (χ4v) is 3.91. The van der Waals surface area contributed by atoms with Crippen molar-refractivity contribution in [2.45, 2.75) is 0 Å². The Morgan fingerprint density at radius 3 is 2.04 bits per heavy atom. The first-order valence-corrected chi connectivity index (χ1v) is 8.33. The number of rotatable bonds is 1. The van der Waals surface area contributed by atoms with Crippen LogP contribution in [0.1, 0.15) is 0 Å². The van der Waals surface area contributed by atoms with E-state index in [0.717, 1.165) is 11.8 Å². The third-order valence-corrected chi connectivity index (χ3v) is 4.96. The molecule has 2 N–H and O–H groups in total. The number of hydrogen-bond acceptors (Lipinski definition) is 4. The average Bonchev–Trinajstić information content (AvgIpc) is 3.12. The smallest absolute Gasteiger partial charge is 0.414 e. The van der Waals surface area contributed by atoms with Gasteiger partial charge in [-0.2, -0.15) is 0 Å². The van der Waals surface area contributed by atoms with Crippen molar-refractivity contribution in [2.75, 3.05) is 38.1 Å². The van der Waals surface area contributed by atoms with E-state index < -0.39 is 11.9 Å². The second-order valence-corrected chi connectivity index (χ2v) is 6.75. The molecule has 2 aromatic rings. The molecular weight excluding hydrogens is 320 g/mol. The Morgan fingerprint density at radius 2 is 1.44 bits per heavy atom. The van der Waals surface area contributed by atoms with Crippen LogP contribution in [0, 0.1) is 11.8 Å². The first-order chi connectivity index (χ1) is 12.0. The molecule has 2 aliphatic rings. The number of carboxylic acids is 2. The van der Waals surface area contributed by atoms with E-state index in [0.29, 0.717) is 0 Å².